The summed E-state index contributed by atoms with van der Waals surface area (Å²) in [5, 5.41) is 3.02. The fourth-order valence-electron chi connectivity index (χ4n) is 3.80. The Bertz CT molecular complexity index is 651. The molecule has 0 bridgehead atoms. The van der Waals surface area contributed by atoms with Gasteiger partial charge in [-0.3, -0.25) is 14.5 Å². The maximum absolute atomic E-state index is 13.5. The Morgan fingerprint density at radius 3 is 2.30 bits per heavy atom. The number of carbonyl (C=O) groups is 3. The number of carbonyl (C=O) groups excluding carboxylic acids is 3. The molecule has 1 rings (SSSR count). The van der Waals surface area contributed by atoms with Gasteiger partial charge in [-0.2, -0.15) is 0 Å². The van der Waals surface area contributed by atoms with Crippen molar-refractivity contribution in [1.29, 1.82) is 0 Å². The van der Waals surface area contributed by atoms with Crippen molar-refractivity contribution in [3.05, 3.63) is 11.6 Å². The summed E-state index contributed by atoms with van der Waals surface area (Å²) < 4.78 is 5.07. The van der Waals surface area contributed by atoms with Crippen LogP contribution in [-0.2, 0) is 19.1 Å². The topological polar surface area (TPSA) is 79.0 Å². The first-order valence-corrected chi connectivity index (χ1v) is 10.9. The van der Waals surface area contributed by atoms with E-state index in [2.05, 4.69) is 5.32 Å². The molecular formula is C23H41N3O4. The van der Waals surface area contributed by atoms with E-state index < -0.39 is 11.5 Å². The van der Waals surface area contributed by atoms with Gasteiger partial charge in [0.25, 0.3) is 0 Å². The lowest BCUT2D eigenvalue weighted by molar-refractivity contribution is -0.141. The number of hydrogen-bond acceptors (Lipinski definition) is 5. The lowest BCUT2D eigenvalue weighted by atomic mass is 9.85. The summed E-state index contributed by atoms with van der Waals surface area (Å²) in [4.78, 5) is 42.1. The molecule has 7 heteroatoms. The van der Waals surface area contributed by atoms with Crippen LogP contribution in [0.2, 0.25) is 0 Å². The highest BCUT2D eigenvalue weighted by Crippen LogP contribution is 2.25. The Morgan fingerprint density at radius 2 is 1.87 bits per heavy atom. The van der Waals surface area contributed by atoms with Crippen molar-refractivity contribution in [3.8, 4) is 0 Å². The fourth-order valence-corrected chi connectivity index (χ4v) is 3.80. The van der Waals surface area contributed by atoms with Crippen molar-refractivity contribution in [2.75, 3.05) is 27.2 Å². The minimum Gasteiger partial charge on any atom is -0.463 e. The van der Waals surface area contributed by atoms with E-state index in [0.29, 0.717) is 12.2 Å². The highest BCUT2D eigenvalue weighted by Gasteiger charge is 2.39. The molecule has 172 valence electrons. The van der Waals surface area contributed by atoms with Crippen LogP contribution in [0.15, 0.2) is 11.6 Å². The van der Waals surface area contributed by atoms with E-state index in [-0.39, 0.29) is 35.8 Å². The first-order chi connectivity index (χ1) is 13.8. The predicted octanol–water partition coefficient (Wildman–Crippen LogP) is 2.60. The Labute approximate surface area is 182 Å². The van der Waals surface area contributed by atoms with E-state index in [4.69, 9.17) is 4.74 Å². The van der Waals surface area contributed by atoms with Gasteiger partial charge in [-0.25, -0.2) is 4.79 Å². The standard InChI is InChI=1S/C23H41N3O4/c1-10-30-22(29)16(4)14-18(15(2)3)26(9)21(28)19(23(5,6)7)24-20(27)17-12-11-13-25(17)8/h14-15,17-19H,10-13H2,1-9H3,(H,24,27)/b16-14+/t17-,18-,19-/m1/s1. The highest BCUT2D eigenvalue weighted by atomic mass is 16.5. The molecule has 1 aliphatic rings. The molecule has 30 heavy (non-hydrogen) atoms. The number of esters is 1. The van der Waals surface area contributed by atoms with Crippen molar-refractivity contribution in [2.45, 2.75) is 79.4 Å². The molecule has 0 aliphatic carbocycles. The normalized spacial score (nSPS) is 20.1. The average Bonchev–Trinajstić information content (AvgIpc) is 3.07. The van der Waals surface area contributed by atoms with E-state index in [0.717, 1.165) is 19.4 Å². The quantitative estimate of drug-likeness (QED) is 0.480. The molecule has 0 spiro atoms. The monoisotopic (exact) mass is 423 g/mol. The van der Waals surface area contributed by atoms with Crippen LogP contribution in [0, 0.1) is 11.3 Å². The molecule has 0 aromatic rings. The Hall–Kier alpha value is -1.89. The minimum atomic E-state index is -0.665. The van der Waals surface area contributed by atoms with Gasteiger partial charge in [0.15, 0.2) is 0 Å². The molecule has 7 nitrogen and oxygen atoms in total. The second-order valence-corrected chi connectivity index (χ2v) is 9.70. The SMILES string of the molecule is CCOC(=O)/C(C)=C/[C@H](C(C)C)N(C)C(=O)[C@@H](NC(=O)[C@H]1CCCN1C)C(C)(C)C. The summed E-state index contributed by atoms with van der Waals surface area (Å²) in [7, 11) is 3.67. The largest absolute Gasteiger partial charge is 0.463 e. The predicted molar refractivity (Wildman–Crippen MR) is 119 cm³/mol. The van der Waals surface area contributed by atoms with Crippen LogP contribution in [0.5, 0.6) is 0 Å². The van der Waals surface area contributed by atoms with Gasteiger partial charge in [0.1, 0.15) is 6.04 Å². The van der Waals surface area contributed by atoms with Gasteiger partial charge >= 0.3 is 5.97 Å². The van der Waals surface area contributed by atoms with Crippen molar-refractivity contribution in [1.82, 2.24) is 15.1 Å². The molecule has 1 aliphatic heterocycles. The number of likely N-dealkylation sites (N-methyl/N-ethyl adjacent to an activating group) is 2. The maximum Gasteiger partial charge on any atom is 0.333 e. The molecule has 0 unspecified atom stereocenters. The van der Waals surface area contributed by atoms with Gasteiger partial charge in [-0.1, -0.05) is 40.7 Å². The van der Waals surface area contributed by atoms with E-state index >= 15 is 0 Å². The number of nitrogens with one attached hydrogen (secondary N) is 1. The lowest BCUT2D eigenvalue weighted by Crippen LogP contribution is -2.58. The molecule has 0 radical (unpaired) electrons. The molecule has 1 N–H and O–H groups in total. The van der Waals surface area contributed by atoms with Gasteiger partial charge in [0.2, 0.25) is 11.8 Å². The zero-order valence-corrected chi connectivity index (χ0v) is 20.2. The summed E-state index contributed by atoms with van der Waals surface area (Å²) in [6.07, 6.45) is 3.57. The van der Waals surface area contributed by atoms with Crippen LogP contribution >= 0.6 is 0 Å². The molecule has 1 heterocycles. The summed E-state index contributed by atoms with van der Waals surface area (Å²) in [6, 6.07) is -1.15. The first kappa shape index (κ1) is 26.1. The van der Waals surface area contributed by atoms with Crippen LogP contribution in [0.4, 0.5) is 0 Å². The van der Waals surface area contributed by atoms with Crippen LogP contribution in [0.25, 0.3) is 0 Å². The van der Waals surface area contributed by atoms with Gasteiger partial charge < -0.3 is 15.0 Å². The van der Waals surface area contributed by atoms with E-state index in [1.165, 1.54) is 0 Å². The van der Waals surface area contributed by atoms with E-state index in [9.17, 15) is 14.4 Å². The Balaban J connectivity index is 3.09. The third kappa shape index (κ3) is 6.83. The average molecular weight is 424 g/mol. The fraction of sp³-hybridized carbons (Fsp3) is 0.783. The van der Waals surface area contributed by atoms with Gasteiger partial charge in [-0.05, 0) is 51.6 Å². The van der Waals surface area contributed by atoms with Crippen molar-refractivity contribution in [3.63, 3.8) is 0 Å². The van der Waals surface area contributed by atoms with E-state index in [1.54, 1.807) is 31.9 Å². The first-order valence-electron chi connectivity index (χ1n) is 10.9. The molecular weight excluding hydrogens is 382 g/mol. The smallest absolute Gasteiger partial charge is 0.333 e. The van der Waals surface area contributed by atoms with Gasteiger partial charge in [0, 0.05) is 12.6 Å². The molecule has 0 saturated carbocycles. The zero-order valence-electron chi connectivity index (χ0n) is 20.2. The van der Waals surface area contributed by atoms with Crippen LogP contribution in [-0.4, -0.2) is 73.0 Å². The summed E-state index contributed by atoms with van der Waals surface area (Å²) in [5.74, 6) is -0.561. The number of hydrogen-bond donors (Lipinski definition) is 1. The lowest BCUT2D eigenvalue weighted by Gasteiger charge is -2.38. The van der Waals surface area contributed by atoms with Crippen LogP contribution < -0.4 is 5.32 Å². The number of rotatable bonds is 8. The summed E-state index contributed by atoms with van der Waals surface area (Å²) in [5.41, 5.74) is 0.0127. The van der Waals surface area contributed by atoms with Crippen molar-refractivity contribution in [2.24, 2.45) is 11.3 Å². The molecule has 1 fully saturated rings. The van der Waals surface area contributed by atoms with Gasteiger partial charge in [0.05, 0.1) is 18.7 Å². The van der Waals surface area contributed by atoms with Crippen molar-refractivity contribution >= 4 is 17.8 Å². The molecule has 3 atom stereocenters. The second-order valence-electron chi connectivity index (χ2n) is 9.70. The van der Waals surface area contributed by atoms with Gasteiger partial charge in [-0.15, -0.1) is 0 Å². The molecule has 2 amide bonds. The molecule has 1 saturated heterocycles. The second kappa shape index (κ2) is 10.9. The highest BCUT2D eigenvalue weighted by molar-refractivity contribution is 5.91. The third-order valence-corrected chi connectivity index (χ3v) is 5.72. The number of amides is 2. The minimum absolute atomic E-state index is 0.0839. The van der Waals surface area contributed by atoms with E-state index in [1.807, 2.05) is 46.6 Å². The van der Waals surface area contributed by atoms with Crippen molar-refractivity contribution < 1.29 is 19.1 Å². The number of nitrogens with zero attached hydrogens (tertiary/aromatic N) is 2. The molecule has 0 aromatic carbocycles. The zero-order chi connectivity index (χ0) is 23.2. The third-order valence-electron chi connectivity index (χ3n) is 5.72. The Kier molecular flexibility index (Phi) is 9.53. The number of likely N-dealkylation sites (tertiary alicyclic amines) is 1. The summed E-state index contributed by atoms with van der Waals surface area (Å²) in [6.45, 7) is 14.5. The molecule has 0 aromatic heterocycles. The summed E-state index contributed by atoms with van der Waals surface area (Å²) >= 11 is 0. The van der Waals surface area contributed by atoms with Crippen LogP contribution in [0.3, 0.4) is 0 Å². The Morgan fingerprint density at radius 1 is 1.27 bits per heavy atom. The van der Waals surface area contributed by atoms with Crippen LogP contribution in [0.1, 0.15) is 61.3 Å². The number of ether oxygens (including phenoxy) is 1. The maximum atomic E-state index is 13.5.